The van der Waals surface area contributed by atoms with Gasteiger partial charge in [0, 0.05) is 5.57 Å². The fourth-order valence-corrected chi connectivity index (χ4v) is 4.20. The number of aliphatic hydroxyl groups excluding tert-OH is 1. The molecule has 0 bridgehead atoms. The van der Waals surface area contributed by atoms with E-state index in [0.29, 0.717) is 11.5 Å². The van der Waals surface area contributed by atoms with E-state index in [1.165, 1.54) is 33.4 Å². The van der Waals surface area contributed by atoms with Gasteiger partial charge in [0.25, 0.3) is 0 Å². The number of fused-ring (bicyclic) bond motifs is 1. The van der Waals surface area contributed by atoms with Crippen molar-refractivity contribution in [3.8, 4) is 0 Å². The molecule has 1 aromatic rings. The largest absolute Gasteiger partial charge is 0.508 e. The Morgan fingerprint density at radius 2 is 1.82 bits per heavy atom. The summed E-state index contributed by atoms with van der Waals surface area (Å²) in [6, 6.07) is 4.65. The van der Waals surface area contributed by atoms with Gasteiger partial charge in [0.1, 0.15) is 5.76 Å². The molecule has 0 aromatic heterocycles. The van der Waals surface area contributed by atoms with Gasteiger partial charge in [-0.3, -0.25) is 0 Å². The molecular weight excluding hydrogens is 340 g/mol. The van der Waals surface area contributed by atoms with Crippen LogP contribution < -0.4 is 0 Å². The maximum Gasteiger partial charge on any atom is 0.115 e. The molecule has 150 valence electrons. The molecule has 0 heterocycles. The van der Waals surface area contributed by atoms with Crippen LogP contribution in [0.3, 0.4) is 0 Å². The van der Waals surface area contributed by atoms with Crippen LogP contribution in [0.1, 0.15) is 62.8 Å². The van der Waals surface area contributed by atoms with Crippen molar-refractivity contribution in [2.24, 2.45) is 11.3 Å². The van der Waals surface area contributed by atoms with Crippen molar-refractivity contribution >= 4 is 5.57 Å². The number of hydrogen-bond acceptors (Lipinski definition) is 1. The molecule has 0 saturated carbocycles. The SMILES string of the molecule is C=C(O)/C(=C/C)C(=C)/C=C1\CC(=C)C(C(C)(C)CC)Cc2cc(C)c(C)cc21. The van der Waals surface area contributed by atoms with E-state index < -0.39 is 0 Å². The number of allylic oxidation sites excluding steroid dienone is 5. The summed E-state index contributed by atoms with van der Waals surface area (Å²) in [6.45, 7) is 25.6. The Kier molecular flexibility index (Phi) is 6.59. The second-order valence-electron chi connectivity index (χ2n) is 8.87. The summed E-state index contributed by atoms with van der Waals surface area (Å²) in [4.78, 5) is 0. The molecule has 0 amide bonds. The normalized spacial score (nSPS) is 19.4. The van der Waals surface area contributed by atoms with Crippen molar-refractivity contribution in [1.29, 1.82) is 0 Å². The van der Waals surface area contributed by atoms with Crippen LogP contribution in [0, 0.1) is 25.2 Å². The topological polar surface area (TPSA) is 20.2 Å². The predicted molar refractivity (Wildman–Crippen MR) is 124 cm³/mol. The molecule has 1 aliphatic carbocycles. The number of hydrogen-bond donors (Lipinski definition) is 1. The smallest absolute Gasteiger partial charge is 0.115 e. The minimum atomic E-state index is 0.0575. The van der Waals surface area contributed by atoms with Gasteiger partial charge in [-0.15, -0.1) is 0 Å². The van der Waals surface area contributed by atoms with Crippen molar-refractivity contribution in [2.45, 2.75) is 60.8 Å². The third kappa shape index (κ3) is 4.41. The Hall–Kier alpha value is -2.28. The lowest BCUT2D eigenvalue weighted by molar-refractivity contribution is 0.235. The van der Waals surface area contributed by atoms with Crippen LogP contribution >= 0.6 is 0 Å². The van der Waals surface area contributed by atoms with Crippen LogP contribution in [0.5, 0.6) is 0 Å². The minimum Gasteiger partial charge on any atom is -0.508 e. The van der Waals surface area contributed by atoms with Crippen LogP contribution in [-0.4, -0.2) is 5.11 Å². The maximum absolute atomic E-state index is 9.91. The van der Waals surface area contributed by atoms with Gasteiger partial charge in [-0.25, -0.2) is 0 Å². The molecule has 1 N–H and O–H groups in total. The van der Waals surface area contributed by atoms with Gasteiger partial charge in [-0.2, -0.15) is 0 Å². The Labute approximate surface area is 171 Å². The Balaban J connectivity index is 2.65. The van der Waals surface area contributed by atoms with Gasteiger partial charge in [0.05, 0.1) is 0 Å². The molecule has 0 radical (unpaired) electrons. The van der Waals surface area contributed by atoms with Crippen molar-refractivity contribution in [3.63, 3.8) is 0 Å². The van der Waals surface area contributed by atoms with E-state index in [4.69, 9.17) is 0 Å². The maximum atomic E-state index is 9.91. The first kappa shape index (κ1) is 22.0. The third-order valence-corrected chi connectivity index (χ3v) is 6.55. The minimum absolute atomic E-state index is 0.0575. The molecule has 1 heteroatoms. The highest BCUT2D eigenvalue weighted by atomic mass is 16.3. The summed E-state index contributed by atoms with van der Waals surface area (Å²) in [5, 5.41) is 9.91. The second kappa shape index (κ2) is 8.39. The zero-order chi connectivity index (χ0) is 21.2. The molecule has 1 nitrogen and oxygen atoms in total. The molecule has 1 aromatic carbocycles. The average Bonchev–Trinajstić information content (AvgIpc) is 2.73. The first-order valence-corrected chi connectivity index (χ1v) is 10.2. The van der Waals surface area contributed by atoms with E-state index in [-0.39, 0.29) is 11.2 Å². The van der Waals surface area contributed by atoms with Gasteiger partial charge in [0.15, 0.2) is 0 Å². The lowest BCUT2D eigenvalue weighted by Gasteiger charge is -2.34. The first-order chi connectivity index (χ1) is 13.0. The summed E-state index contributed by atoms with van der Waals surface area (Å²) in [5.41, 5.74) is 9.49. The highest BCUT2D eigenvalue weighted by Crippen LogP contribution is 2.45. The van der Waals surface area contributed by atoms with Crippen LogP contribution in [-0.2, 0) is 6.42 Å². The van der Waals surface area contributed by atoms with Crippen molar-refractivity contribution in [3.05, 3.63) is 88.8 Å². The fourth-order valence-electron chi connectivity index (χ4n) is 4.20. The van der Waals surface area contributed by atoms with Gasteiger partial charge in [-0.05, 0) is 78.3 Å². The molecule has 1 atom stereocenters. The lowest BCUT2D eigenvalue weighted by atomic mass is 9.70. The van der Waals surface area contributed by atoms with E-state index in [0.717, 1.165) is 24.8 Å². The summed E-state index contributed by atoms with van der Waals surface area (Å²) in [6.07, 6.45) is 6.94. The zero-order valence-corrected chi connectivity index (χ0v) is 18.6. The van der Waals surface area contributed by atoms with E-state index in [1.54, 1.807) is 0 Å². The third-order valence-electron chi connectivity index (χ3n) is 6.55. The summed E-state index contributed by atoms with van der Waals surface area (Å²) in [7, 11) is 0. The van der Waals surface area contributed by atoms with Gasteiger partial charge < -0.3 is 5.11 Å². The molecule has 28 heavy (non-hydrogen) atoms. The molecule has 0 fully saturated rings. The van der Waals surface area contributed by atoms with Crippen LogP contribution in [0.25, 0.3) is 5.57 Å². The Morgan fingerprint density at radius 1 is 1.21 bits per heavy atom. The average molecular weight is 377 g/mol. The second-order valence-corrected chi connectivity index (χ2v) is 8.87. The van der Waals surface area contributed by atoms with E-state index in [9.17, 15) is 5.11 Å². The molecule has 2 rings (SSSR count). The summed E-state index contributed by atoms with van der Waals surface area (Å²) >= 11 is 0. The zero-order valence-electron chi connectivity index (χ0n) is 18.6. The standard InChI is InChI=1S/C27H36O/c1-10-24(21(7)28)19(5)13-22-14-20(6)26(27(8,9)11-2)16-23-12-17(3)18(4)15-25(22)23/h10,12-13,15,26,28H,5-7,11,14,16H2,1-4,8-9H3/b22-13+,24-10+. The number of aryl methyl sites for hydroxylation is 2. The van der Waals surface area contributed by atoms with E-state index in [2.05, 4.69) is 72.6 Å². The van der Waals surface area contributed by atoms with Gasteiger partial charge in [0.2, 0.25) is 0 Å². The quantitative estimate of drug-likeness (QED) is 0.240. The number of aliphatic hydroxyl groups is 1. The fraction of sp³-hybridized carbons (Fsp3) is 0.407. The molecular formula is C27H36O. The van der Waals surface area contributed by atoms with Gasteiger partial charge >= 0.3 is 0 Å². The highest BCUT2D eigenvalue weighted by Gasteiger charge is 2.33. The highest BCUT2D eigenvalue weighted by molar-refractivity contribution is 5.76. The summed E-state index contributed by atoms with van der Waals surface area (Å²) in [5.74, 6) is 0.494. The molecule has 0 saturated heterocycles. The first-order valence-electron chi connectivity index (χ1n) is 10.2. The van der Waals surface area contributed by atoms with Crippen LogP contribution in [0.2, 0.25) is 0 Å². The number of rotatable bonds is 5. The monoisotopic (exact) mass is 376 g/mol. The van der Waals surface area contributed by atoms with Crippen molar-refractivity contribution in [1.82, 2.24) is 0 Å². The van der Waals surface area contributed by atoms with Crippen molar-refractivity contribution < 1.29 is 5.11 Å². The molecule has 0 aliphatic heterocycles. The van der Waals surface area contributed by atoms with Crippen molar-refractivity contribution in [2.75, 3.05) is 0 Å². The van der Waals surface area contributed by atoms with E-state index in [1.807, 2.05) is 13.0 Å². The number of benzene rings is 1. The van der Waals surface area contributed by atoms with Crippen LogP contribution in [0.4, 0.5) is 0 Å². The summed E-state index contributed by atoms with van der Waals surface area (Å²) < 4.78 is 0. The van der Waals surface area contributed by atoms with Gasteiger partial charge in [-0.1, -0.05) is 76.8 Å². The molecule has 1 unspecified atom stereocenters. The van der Waals surface area contributed by atoms with Crippen LogP contribution in [0.15, 0.2) is 66.5 Å². The lowest BCUT2D eigenvalue weighted by Crippen LogP contribution is -2.26. The molecule has 1 aliphatic rings. The Bertz CT molecular complexity index is 874. The predicted octanol–water partition coefficient (Wildman–Crippen LogP) is 7.82. The molecule has 0 spiro atoms. The van der Waals surface area contributed by atoms with E-state index >= 15 is 0 Å². The Morgan fingerprint density at radius 3 is 2.36 bits per heavy atom.